The smallest absolute Gasteiger partial charge is 0.449 e. The van der Waals surface area contributed by atoms with E-state index in [4.69, 9.17) is 10.00 Å². The number of carbonyl (C=O) groups is 2. The molecule has 3 N–H and O–H groups in total. The highest BCUT2D eigenvalue weighted by molar-refractivity contribution is 6.43. The molecule has 1 unspecified atom stereocenters. The molecule has 1 amide bonds. The summed E-state index contributed by atoms with van der Waals surface area (Å²) in [5.74, 6) is -0.820. The molecule has 0 aliphatic rings. The van der Waals surface area contributed by atoms with Gasteiger partial charge in [-0.15, -0.1) is 0 Å². The third-order valence-electron chi connectivity index (χ3n) is 5.22. The van der Waals surface area contributed by atoms with Gasteiger partial charge in [-0.3, -0.25) is 0 Å². The lowest BCUT2D eigenvalue weighted by Gasteiger charge is -2.17. The fraction of sp³-hybridized carbons (Fsp3) is 0.483. The number of nitriles is 1. The van der Waals surface area contributed by atoms with E-state index in [9.17, 15) is 19.6 Å². The van der Waals surface area contributed by atoms with Crippen molar-refractivity contribution in [3.63, 3.8) is 0 Å². The Morgan fingerprint density at radius 3 is 2.16 bits per heavy atom. The minimum Gasteiger partial charge on any atom is -0.449 e. The Morgan fingerprint density at radius 2 is 1.74 bits per heavy atom. The van der Waals surface area contributed by atoms with E-state index in [2.05, 4.69) is 38.0 Å². The molecule has 0 saturated heterocycles. The van der Waals surface area contributed by atoms with Crippen molar-refractivity contribution in [1.82, 2.24) is 10.2 Å². The molecule has 0 fully saturated rings. The maximum absolute atomic E-state index is 11.8. The predicted molar refractivity (Wildman–Crippen MR) is 155 cm³/mol. The van der Waals surface area contributed by atoms with Crippen LogP contribution in [-0.2, 0) is 22.4 Å². The van der Waals surface area contributed by atoms with Crippen molar-refractivity contribution in [2.45, 2.75) is 72.8 Å². The van der Waals surface area contributed by atoms with Gasteiger partial charge in [0.25, 0.3) is 0 Å². The summed E-state index contributed by atoms with van der Waals surface area (Å²) in [6.07, 6.45) is 0.850. The maximum Gasteiger partial charge on any atom is 0.475 e. The lowest BCUT2D eigenvalue weighted by molar-refractivity contribution is -0.107. The highest BCUT2D eigenvalue weighted by atomic mass is 16.5. The number of benzene rings is 2. The number of hydrogen-bond donors (Lipinski definition) is 3. The largest absolute Gasteiger partial charge is 0.475 e. The summed E-state index contributed by atoms with van der Waals surface area (Å²) in [6, 6.07) is 19.6. The van der Waals surface area contributed by atoms with Gasteiger partial charge in [-0.1, -0.05) is 80.9 Å². The van der Waals surface area contributed by atoms with E-state index in [-0.39, 0.29) is 13.0 Å². The molecule has 8 nitrogen and oxygen atoms in total. The predicted octanol–water partition coefficient (Wildman–Crippen LogP) is 4.36. The zero-order chi connectivity index (χ0) is 29.3. The number of aryl methyl sites for hydroxylation is 1. The molecule has 0 spiro atoms. The SMILES string of the molecule is CC.CCN(C)C(C)C.Cc1cccc(CCOC(=O)NC(Cc2ccccc2)B(O)O)c1.N#CCC=O. The van der Waals surface area contributed by atoms with E-state index in [1.165, 1.54) is 0 Å². The molecule has 0 aromatic heterocycles. The van der Waals surface area contributed by atoms with E-state index < -0.39 is 19.2 Å². The molecule has 0 aliphatic heterocycles. The summed E-state index contributed by atoms with van der Waals surface area (Å²) in [5, 5.41) is 29.0. The topological polar surface area (TPSA) is 123 Å². The number of aldehydes is 1. The first-order valence-corrected chi connectivity index (χ1v) is 13.0. The van der Waals surface area contributed by atoms with Gasteiger partial charge in [0, 0.05) is 12.5 Å². The Morgan fingerprint density at radius 1 is 1.13 bits per heavy atom. The van der Waals surface area contributed by atoms with Crippen LogP contribution < -0.4 is 5.32 Å². The van der Waals surface area contributed by atoms with Gasteiger partial charge in [0.15, 0.2) is 0 Å². The minimum atomic E-state index is -1.66. The van der Waals surface area contributed by atoms with E-state index in [1.54, 1.807) is 6.07 Å². The Bertz CT molecular complexity index is 905. The number of carbonyl (C=O) groups excluding carboxylic acids is 2. The van der Waals surface area contributed by atoms with Crippen molar-refractivity contribution >= 4 is 19.5 Å². The number of rotatable bonds is 10. The van der Waals surface area contributed by atoms with Gasteiger partial charge in [0.05, 0.1) is 25.0 Å². The lowest BCUT2D eigenvalue weighted by Crippen LogP contribution is -2.48. The van der Waals surface area contributed by atoms with Gasteiger partial charge in [-0.2, -0.15) is 5.26 Å². The van der Waals surface area contributed by atoms with Crippen molar-refractivity contribution in [1.29, 1.82) is 5.26 Å². The average Bonchev–Trinajstić information content (AvgIpc) is 2.90. The maximum atomic E-state index is 11.8. The molecular formula is C29H46BN3O5. The minimum absolute atomic E-state index is 0.0139. The molecule has 0 bridgehead atoms. The summed E-state index contributed by atoms with van der Waals surface area (Å²) in [7, 11) is 0.472. The Kier molecular flexibility index (Phi) is 23.5. The van der Waals surface area contributed by atoms with E-state index in [0.29, 0.717) is 25.2 Å². The summed E-state index contributed by atoms with van der Waals surface area (Å²) in [4.78, 5) is 23.3. The number of hydrogen-bond acceptors (Lipinski definition) is 7. The van der Waals surface area contributed by atoms with Crippen LogP contribution in [0.25, 0.3) is 0 Å². The second-order valence-electron chi connectivity index (χ2n) is 8.43. The van der Waals surface area contributed by atoms with Crippen LogP contribution in [0.5, 0.6) is 0 Å². The highest BCUT2D eigenvalue weighted by Crippen LogP contribution is 2.06. The van der Waals surface area contributed by atoms with Crippen molar-refractivity contribution in [3.8, 4) is 6.07 Å². The van der Waals surface area contributed by atoms with Gasteiger partial charge >= 0.3 is 13.2 Å². The third-order valence-corrected chi connectivity index (χ3v) is 5.22. The number of ether oxygens (including phenoxy) is 1. The summed E-state index contributed by atoms with van der Waals surface area (Å²) < 4.78 is 5.13. The fourth-order valence-electron chi connectivity index (χ4n) is 2.82. The number of nitrogens with zero attached hydrogens (tertiary/aromatic N) is 2. The van der Waals surface area contributed by atoms with Crippen LogP contribution in [0.15, 0.2) is 54.6 Å². The molecule has 0 radical (unpaired) electrons. The van der Waals surface area contributed by atoms with E-state index in [0.717, 1.165) is 23.2 Å². The summed E-state index contributed by atoms with van der Waals surface area (Å²) >= 11 is 0. The van der Waals surface area contributed by atoms with Crippen molar-refractivity contribution in [2.24, 2.45) is 0 Å². The second kappa shape index (κ2) is 24.2. The first-order valence-electron chi connectivity index (χ1n) is 13.0. The summed E-state index contributed by atoms with van der Waals surface area (Å²) in [5.41, 5.74) is 3.14. The molecule has 1 atom stereocenters. The van der Waals surface area contributed by atoms with E-state index >= 15 is 0 Å². The Labute approximate surface area is 229 Å². The summed E-state index contributed by atoms with van der Waals surface area (Å²) in [6.45, 7) is 14.0. The third kappa shape index (κ3) is 19.9. The molecule has 0 aliphatic carbocycles. The number of nitrogens with one attached hydrogen (secondary N) is 1. The molecule has 2 rings (SSSR count). The molecular weight excluding hydrogens is 481 g/mol. The van der Waals surface area contributed by atoms with Crippen molar-refractivity contribution < 1.29 is 24.4 Å². The van der Waals surface area contributed by atoms with Gasteiger partial charge in [-0.05, 0) is 51.9 Å². The highest BCUT2D eigenvalue weighted by Gasteiger charge is 2.26. The number of alkyl carbamates (subject to hydrolysis) is 1. The lowest BCUT2D eigenvalue weighted by atomic mass is 9.76. The van der Waals surface area contributed by atoms with Crippen LogP contribution in [0.1, 0.15) is 57.7 Å². The number of amides is 1. The molecule has 210 valence electrons. The molecule has 9 heteroatoms. The zero-order valence-corrected chi connectivity index (χ0v) is 24.1. The molecule has 2 aromatic carbocycles. The van der Waals surface area contributed by atoms with Crippen LogP contribution >= 0.6 is 0 Å². The quantitative estimate of drug-likeness (QED) is 0.310. The molecule has 0 saturated carbocycles. The Hall–Kier alpha value is -3.19. The monoisotopic (exact) mass is 527 g/mol. The van der Waals surface area contributed by atoms with Gasteiger partial charge in [0.1, 0.15) is 6.29 Å². The fourth-order valence-corrected chi connectivity index (χ4v) is 2.82. The van der Waals surface area contributed by atoms with Crippen LogP contribution in [0.3, 0.4) is 0 Å². The van der Waals surface area contributed by atoms with Crippen LogP contribution in [0.4, 0.5) is 4.79 Å². The molecule has 2 aromatic rings. The molecule has 0 heterocycles. The molecule has 38 heavy (non-hydrogen) atoms. The van der Waals surface area contributed by atoms with Gasteiger partial charge in [0.2, 0.25) is 0 Å². The van der Waals surface area contributed by atoms with Crippen molar-refractivity contribution in [3.05, 3.63) is 71.3 Å². The van der Waals surface area contributed by atoms with Crippen LogP contribution in [0, 0.1) is 18.3 Å². The van der Waals surface area contributed by atoms with Gasteiger partial charge in [-0.25, -0.2) is 4.79 Å². The normalized spacial score (nSPS) is 10.3. The van der Waals surface area contributed by atoms with Crippen LogP contribution in [-0.4, -0.2) is 66.6 Å². The first kappa shape index (κ1) is 37.0. The average molecular weight is 528 g/mol. The zero-order valence-electron chi connectivity index (χ0n) is 24.1. The standard InChI is InChI=1S/C18H22BNO4.C6H15N.C3H3NO.C2H6/c1-14-6-5-9-16(12-14)10-11-24-18(21)20-17(19(22)23)13-15-7-3-2-4-8-15;1-5-7(4)6(2)3;4-2-1-3-5;1-2/h2-9,12,17,22-23H,10-11,13H2,1H3,(H,20,21);6H,5H2,1-4H3;3H,1H2;1-2H3. The Balaban J connectivity index is 0. The van der Waals surface area contributed by atoms with Crippen LogP contribution in [0.2, 0.25) is 0 Å². The second-order valence-corrected chi connectivity index (χ2v) is 8.43. The first-order chi connectivity index (χ1) is 18.1. The van der Waals surface area contributed by atoms with Gasteiger partial charge < -0.3 is 29.8 Å². The van der Waals surface area contributed by atoms with E-state index in [1.807, 2.05) is 75.4 Å². The van der Waals surface area contributed by atoms with Crippen molar-refractivity contribution in [2.75, 3.05) is 20.2 Å².